The van der Waals surface area contributed by atoms with Gasteiger partial charge in [0.1, 0.15) is 5.70 Å². The van der Waals surface area contributed by atoms with Gasteiger partial charge in [-0.25, -0.2) is 0 Å². The first kappa shape index (κ1) is 19.6. The molecule has 0 heterocycles. The van der Waals surface area contributed by atoms with Crippen molar-refractivity contribution >= 4 is 29.5 Å². The number of nitrogens with one attached hydrogen (secondary N) is 2. The standard InChI is InChI=1S/C23H18N2O4/c26-21(17-9-5-2-6-10-17)25-20(15-16-7-3-1-4-8-16)22(27)24-19-13-11-18(12-14-19)23(28)29/h1-15H,(H,24,27)(H,25,26)(H,28,29)/p-1/b20-15+. The van der Waals surface area contributed by atoms with Crippen molar-refractivity contribution in [1.82, 2.24) is 5.32 Å². The average molecular weight is 385 g/mol. The smallest absolute Gasteiger partial charge is 0.272 e. The monoisotopic (exact) mass is 385 g/mol. The van der Waals surface area contributed by atoms with Crippen molar-refractivity contribution < 1.29 is 19.5 Å². The molecule has 6 heteroatoms. The van der Waals surface area contributed by atoms with E-state index in [1.54, 1.807) is 48.5 Å². The Bertz CT molecular complexity index is 1040. The van der Waals surface area contributed by atoms with Crippen LogP contribution in [-0.2, 0) is 4.79 Å². The molecule has 0 aromatic heterocycles. The maximum absolute atomic E-state index is 12.8. The highest BCUT2D eigenvalue weighted by Gasteiger charge is 2.15. The van der Waals surface area contributed by atoms with Gasteiger partial charge in [0.15, 0.2) is 0 Å². The van der Waals surface area contributed by atoms with Crippen LogP contribution in [0.3, 0.4) is 0 Å². The molecule has 2 amide bonds. The van der Waals surface area contributed by atoms with Gasteiger partial charge in [-0.15, -0.1) is 0 Å². The molecule has 2 N–H and O–H groups in total. The molecule has 144 valence electrons. The zero-order valence-corrected chi connectivity index (χ0v) is 15.3. The highest BCUT2D eigenvalue weighted by atomic mass is 16.4. The molecule has 0 saturated carbocycles. The number of hydrogen-bond donors (Lipinski definition) is 2. The molecule has 0 fully saturated rings. The minimum Gasteiger partial charge on any atom is -0.545 e. The van der Waals surface area contributed by atoms with Crippen molar-refractivity contribution in [1.29, 1.82) is 0 Å². The van der Waals surface area contributed by atoms with E-state index >= 15 is 0 Å². The van der Waals surface area contributed by atoms with Crippen LogP contribution in [-0.4, -0.2) is 17.8 Å². The number of amides is 2. The van der Waals surface area contributed by atoms with Gasteiger partial charge in [0.25, 0.3) is 11.8 Å². The number of anilines is 1. The summed E-state index contributed by atoms with van der Waals surface area (Å²) in [6.45, 7) is 0. The van der Waals surface area contributed by atoms with Crippen molar-refractivity contribution in [2.45, 2.75) is 0 Å². The van der Waals surface area contributed by atoms with Crippen LogP contribution < -0.4 is 15.7 Å². The summed E-state index contributed by atoms with van der Waals surface area (Å²) in [7, 11) is 0. The van der Waals surface area contributed by atoms with Gasteiger partial charge in [0, 0.05) is 11.3 Å². The lowest BCUT2D eigenvalue weighted by Crippen LogP contribution is -2.30. The van der Waals surface area contributed by atoms with Crippen LogP contribution in [0, 0.1) is 0 Å². The minimum atomic E-state index is -1.30. The van der Waals surface area contributed by atoms with Crippen LogP contribution in [0.2, 0.25) is 0 Å². The zero-order valence-electron chi connectivity index (χ0n) is 15.3. The lowest BCUT2D eigenvalue weighted by atomic mass is 10.1. The summed E-state index contributed by atoms with van der Waals surface area (Å²) < 4.78 is 0. The van der Waals surface area contributed by atoms with Gasteiger partial charge >= 0.3 is 0 Å². The molecule has 29 heavy (non-hydrogen) atoms. The lowest BCUT2D eigenvalue weighted by Gasteiger charge is -2.12. The van der Waals surface area contributed by atoms with E-state index in [2.05, 4.69) is 10.6 Å². The number of carboxylic acid groups (broad SMARTS) is 1. The molecule has 0 spiro atoms. The van der Waals surface area contributed by atoms with Gasteiger partial charge in [-0.2, -0.15) is 0 Å². The van der Waals surface area contributed by atoms with Crippen molar-refractivity contribution in [3.05, 3.63) is 107 Å². The van der Waals surface area contributed by atoms with Crippen LogP contribution in [0.15, 0.2) is 90.6 Å². The summed E-state index contributed by atoms with van der Waals surface area (Å²) in [6.07, 6.45) is 1.56. The molecule has 0 unspecified atom stereocenters. The average Bonchev–Trinajstić information content (AvgIpc) is 2.75. The molecule has 0 aliphatic rings. The maximum Gasteiger partial charge on any atom is 0.272 e. The van der Waals surface area contributed by atoms with E-state index in [0.29, 0.717) is 11.3 Å². The first-order valence-corrected chi connectivity index (χ1v) is 8.79. The topological polar surface area (TPSA) is 98.3 Å². The van der Waals surface area contributed by atoms with Crippen LogP contribution >= 0.6 is 0 Å². The van der Waals surface area contributed by atoms with Crippen molar-refractivity contribution in [2.24, 2.45) is 0 Å². The first-order valence-electron chi connectivity index (χ1n) is 8.79. The second-order valence-electron chi connectivity index (χ2n) is 6.11. The van der Waals surface area contributed by atoms with Crippen LogP contribution in [0.5, 0.6) is 0 Å². The molecule has 0 saturated heterocycles. The predicted octanol–water partition coefficient (Wildman–Crippen LogP) is 2.46. The molecular weight excluding hydrogens is 368 g/mol. The number of benzene rings is 3. The lowest BCUT2D eigenvalue weighted by molar-refractivity contribution is -0.255. The number of rotatable bonds is 6. The molecule has 0 bridgehead atoms. The Labute approximate surface area is 167 Å². The highest BCUT2D eigenvalue weighted by Crippen LogP contribution is 2.12. The number of hydrogen-bond acceptors (Lipinski definition) is 4. The van der Waals surface area contributed by atoms with E-state index in [1.807, 2.05) is 18.2 Å². The Kier molecular flexibility index (Phi) is 6.17. The van der Waals surface area contributed by atoms with Gasteiger partial charge in [0.2, 0.25) is 0 Å². The third-order valence-corrected chi connectivity index (χ3v) is 4.02. The Balaban J connectivity index is 1.84. The third-order valence-electron chi connectivity index (χ3n) is 4.02. The van der Waals surface area contributed by atoms with Crippen molar-refractivity contribution in [3.8, 4) is 0 Å². The van der Waals surface area contributed by atoms with Gasteiger partial charge in [-0.1, -0.05) is 60.7 Å². The van der Waals surface area contributed by atoms with E-state index in [0.717, 1.165) is 5.56 Å². The summed E-state index contributed by atoms with van der Waals surface area (Å²) in [5.74, 6) is -2.27. The van der Waals surface area contributed by atoms with Gasteiger partial charge in [-0.3, -0.25) is 9.59 Å². The van der Waals surface area contributed by atoms with Gasteiger partial charge in [0.05, 0.1) is 5.97 Å². The fourth-order valence-corrected chi connectivity index (χ4v) is 2.55. The molecule has 0 aliphatic heterocycles. The fraction of sp³-hybridized carbons (Fsp3) is 0. The SMILES string of the molecule is O=C(Nc1ccc(C(=O)[O-])cc1)/C(=C\c1ccccc1)NC(=O)c1ccccc1. The molecular formula is C23H17N2O4-. The molecule has 3 rings (SSSR count). The second kappa shape index (κ2) is 9.14. The highest BCUT2D eigenvalue weighted by molar-refractivity contribution is 6.10. The Morgan fingerprint density at radius 2 is 1.31 bits per heavy atom. The molecule has 3 aromatic rings. The van der Waals surface area contributed by atoms with Crippen LogP contribution in [0.25, 0.3) is 6.08 Å². The summed E-state index contributed by atoms with van der Waals surface area (Å²) in [5, 5.41) is 16.1. The summed E-state index contributed by atoms with van der Waals surface area (Å²) in [4.78, 5) is 36.1. The minimum absolute atomic E-state index is 0.000399. The van der Waals surface area contributed by atoms with Crippen molar-refractivity contribution in [2.75, 3.05) is 5.32 Å². The van der Waals surface area contributed by atoms with E-state index in [9.17, 15) is 19.5 Å². The van der Waals surface area contributed by atoms with Gasteiger partial charge in [-0.05, 0) is 41.5 Å². The maximum atomic E-state index is 12.8. The molecule has 6 nitrogen and oxygen atoms in total. The normalized spacial score (nSPS) is 10.8. The number of carboxylic acids is 1. The van der Waals surface area contributed by atoms with Crippen molar-refractivity contribution in [3.63, 3.8) is 0 Å². The summed E-state index contributed by atoms with van der Waals surface area (Å²) >= 11 is 0. The molecule has 0 atom stereocenters. The van der Waals surface area contributed by atoms with E-state index in [4.69, 9.17) is 0 Å². The fourth-order valence-electron chi connectivity index (χ4n) is 2.55. The van der Waals surface area contributed by atoms with Crippen LogP contribution in [0.1, 0.15) is 26.3 Å². The second-order valence-corrected chi connectivity index (χ2v) is 6.11. The summed E-state index contributed by atoms with van der Waals surface area (Å²) in [6, 6.07) is 23.2. The zero-order chi connectivity index (χ0) is 20.6. The first-order chi connectivity index (χ1) is 14.0. The van der Waals surface area contributed by atoms with Gasteiger partial charge < -0.3 is 20.5 Å². The Morgan fingerprint density at radius 3 is 1.90 bits per heavy atom. The number of aromatic carboxylic acids is 1. The molecule has 0 radical (unpaired) electrons. The third kappa shape index (κ3) is 5.40. The van der Waals surface area contributed by atoms with E-state index in [1.165, 1.54) is 24.3 Å². The number of carbonyl (C=O) groups is 3. The quantitative estimate of drug-likeness (QED) is 0.637. The summed E-state index contributed by atoms with van der Waals surface area (Å²) in [5.41, 5.74) is 1.58. The van der Waals surface area contributed by atoms with Crippen LogP contribution in [0.4, 0.5) is 5.69 Å². The predicted molar refractivity (Wildman–Crippen MR) is 108 cm³/mol. The molecule has 3 aromatic carbocycles. The van der Waals surface area contributed by atoms with E-state index < -0.39 is 17.8 Å². The Morgan fingerprint density at radius 1 is 0.724 bits per heavy atom. The Hall–Kier alpha value is -4.19. The van der Waals surface area contributed by atoms with E-state index in [-0.39, 0.29) is 11.3 Å². The largest absolute Gasteiger partial charge is 0.545 e. The molecule has 0 aliphatic carbocycles. The number of carbonyl (C=O) groups excluding carboxylic acids is 3.